The van der Waals surface area contributed by atoms with E-state index in [1.54, 1.807) is 7.11 Å². The van der Waals surface area contributed by atoms with Crippen molar-refractivity contribution >= 4 is 11.6 Å². The third-order valence-electron chi connectivity index (χ3n) is 3.60. The molecule has 0 spiro atoms. The highest BCUT2D eigenvalue weighted by Gasteiger charge is 2.16. The Hall–Kier alpha value is -1.43. The second kappa shape index (κ2) is 8.77. The molecule has 2 rings (SSSR count). The predicted octanol–water partition coefficient (Wildman–Crippen LogP) is 1.39. The van der Waals surface area contributed by atoms with E-state index in [1.807, 2.05) is 35.2 Å². The maximum atomic E-state index is 12.2. The summed E-state index contributed by atoms with van der Waals surface area (Å²) in [5.41, 5.74) is 0.932. The molecule has 1 aliphatic rings. The van der Waals surface area contributed by atoms with Crippen LogP contribution in [0.15, 0.2) is 30.3 Å². The normalized spacial score (nSPS) is 15.9. The zero-order chi connectivity index (χ0) is 14.9. The van der Waals surface area contributed by atoms with Gasteiger partial charge in [-0.25, -0.2) is 0 Å². The van der Waals surface area contributed by atoms with E-state index in [4.69, 9.17) is 9.47 Å². The van der Waals surface area contributed by atoms with Gasteiger partial charge in [-0.05, 0) is 18.6 Å². The third kappa shape index (κ3) is 5.12. The van der Waals surface area contributed by atoms with Gasteiger partial charge in [0.1, 0.15) is 6.61 Å². The number of carbonyl (C=O) groups is 1. The van der Waals surface area contributed by atoms with Gasteiger partial charge in [-0.3, -0.25) is 9.69 Å². The van der Waals surface area contributed by atoms with Crippen LogP contribution in [-0.4, -0.2) is 63.9 Å². The molecule has 0 N–H and O–H groups in total. The first-order chi connectivity index (χ1) is 10.3. The fraction of sp³-hybridized carbons (Fsp3) is 0.562. The van der Waals surface area contributed by atoms with E-state index in [0.717, 1.165) is 45.0 Å². The highest BCUT2D eigenvalue weighted by molar-refractivity contribution is 5.94. The number of rotatable bonds is 7. The first kappa shape index (κ1) is 15.9. The number of hydrogen-bond donors (Lipinski definition) is 0. The number of ether oxygens (including phenoxy) is 2. The predicted molar refractivity (Wildman–Crippen MR) is 82.5 cm³/mol. The quantitative estimate of drug-likeness (QED) is 0.761. The Labute approximate surface area is 126 Å². The van der Waals surface area contributed by atoms with E-state index < -0.39 is 0 Å². The average molecular weight is 292 g/mol. The summed E-state index contributed by atoms with van der Waals surface area (Å²) >= 11 is 0. The van der Waals surface area contributed by atoms with Crippen molar-refractivity contribution in [1.82, 2.24) is 4.90 Å². The second-order valence-electron chi connectivity index (χ2n) is 5.12. The minimum atomic E-state index is 0.00526. The molecule has 0 atom stereocenters. The molecule has 1 aromatic rings. The van der Waals surface area contributed by atoms with Crippen molar-refractivity contribution in [2.75, 3.05) is 58.0 Å². The highest BCUT2D eigenvalue weighted by Crippen LogP contribution is 2.14. The lowest BCUT2D eigenvalue weighted by Crippen LogP contribution is -2.40. The van der Waals surface area contributed by atoms with Crippen molar-refractivity contribution in [3.05, 3.63) is 30.3 Å². The molecule has 116 valence electrons. The number of para-hydroxylation sites is 1. The number of morpholine rings is 1. The fourth-order valence-electron chi connectivity index (χ4n) is 2.48. The summed E-state index contributed by atoms with van der Waals surface area (Å²) in [6.07, 6.45) is 0.949. The van der Waals surface area contributed by atoms with Crippen LogP contribution in [-0.2, 0) is 14.3 Å². The van der Waals surface area contributed by atoms with Crippen molar-refractivity contribution in [2.24, 2.45) is 0 Å². The number of amides is 1. The zero-order valence-electron chi connectivity index (χ0n) is 12.7. The van der Waals surface area contributed by atoms with Gasteiger partial charge in [-0.15, -0.1) is 0 Å². The number of anilines is 1. The van der Waals surface area contributed by atoms with Gasteiger partial charge in [0.2, 0.25) is 0 Å². The van der Waals surface area contributed by atoms with Crippen LogP contribution < -0.4 is 4.90 Å². The lowest BCUT2D eigenvalue weighted by atomic mass is 10.2. The van der Waals surface area contributed by atoms with Gasteiger partial charge in [-0.2, -0.15) is 0 Å². The number of benzene rings is 1. The molecule has 1 heterocycles. The number of hydrogen-bond acceptors (Lipinski definition) is 4. The van der Waals surface area contributed by atoms with Gasteiger partial charge in [0.25, 0.3) is 5.91 Å². The molecule has 0 bridgehead atoms. The van der Waals surface area contributed by atoms with E-state index in [1.165, 1.54) is 0 Å². The Morgan fingerprint density at radius 2 is 2.00 bits per heavy atom. The standard InChI is InChI=1S/C16H24N2O3/c1-20-14-16(19)18(15-6-3-2-4-7-15)9-5-8-17-10-12-21-13-11-17/h2-4,6-7H,5,8-14H2,1H3. The van der Waals surface area contributed by atoms with Crippen LogP contribution in [0.1, 0.15) is 6.42 Å². The monoisotopic (exact) mass is 292 g/mol. The number of carbonyl (C=O) groups excluding carboxylic acids is 1. The summed E-state index contributed by atoms with van der Waals surface area (Å²) < 4.78 is 10.3. The molecule has 1 saturated heterocycles. The molecule has 1 aromatic carbocycles. The molecule has 1 aliphatic heterocycles. The van der Waals surface area contributed by atoms with E-state index in [-0.39, 0.29) is 12.5 Å². The summed E-state index contributed by atoms with van der Waals surface area (Å²) in [5, 5.41) is 0. The van der Waals surface area contributed by atoms with Crippen molar-refractivity contribution in [3.63, 3.8) is 0 Å². The number of nitrogens with zero attached hydrogens (tertiary/aromatic N) is 2. The Morgan fingerprint density at radius 1 is 1.29 bits per heavy atom. The van der Waals surface area contributed by atoms with Crippen LogP contribution in [0.5, 0.6) is 0 Å². The second-order valence-corrected chi connectivity index (χ2v) is 5.12. The first-order valence-corrected chi connectivity index (χ1v) is 7.45. The van der Waals surface area contributed by atoms with Crippen LogP contribution in [0.3, 0.4) is 0 Å². The SMILES string of the molecule is COCC(=O)N(CCCN1CCOCC1)c1ccccc1. The van der Waals surface area contributed by atoms with Gasteiger partial charge < -0.3 is 14.4 Å². The summed E-state index contributed by atoms with van der Waals surface area (Å²) in [5.74, 6) is 0.00526. The Balaban J connectivity index is 1.88. The molecule has 0 aromatic heterocycles. The minimum absolute atomic E-state index is 0.00526. The van der Waals surface area contributed by atoms with Crippen molar-refractivity contribution < 1.29 is 14.3 Å². The van der Waals surface area contributed by atoms with Crippen LogP contribution in [0.2, 0.25) is 0 Å². The molecule has 0 radical (unpaired) electrons. The Morgan fingerprint density at radius 3 is 2.67 bits per heavy atom. The van der Waals surface area contributed by atoms with Crippen LogP contribution in [0, 0.1) is 0 Å². The molecule has 1 fully saturated rings. The summed E-state index contributed by atoms with van der Waals surface area (Å²) in [4.78, 5) is 16.4. The summed E-state index contributed by atoms with van der Waals surface area (Å²) in [7, 11) is 1.55. The molecule has 1 amide bonds. The Kier molecular flexibility index (Phi) is 6.66. The minimum Gasteiger partial charge on any atom is -0.379 e. The summed E-state index contributed by atoms with van der Waals surface area (Å²) in [6, 6.07) is 9.77. The molecule has 0 aliphatic carbocycles. The molecule has 0 saturated carbocycles. The largest absolute Gasteiger partial charge is 0.379 e. The van der Waals surface area contributed by atoms with Crippen LogP contribution >= 0.6 is 0 Å². The lowest BCUT2D eigenvalue weighted by molar-refractivity contribution is -0.122. The van der Waals surface area contributed by atoms with Crippen LogP contribution in [0.4, 0.5) is 5.69 Å². The molecular weight excluding hydrogens is 268 g/mol. The maximum Gasteiger partial charge on any atom is 0.252 e. The lowest BCUT2D eigenvalue weighted by Gasteiger charge is -2.28. The fourth-order valence-corrected chi connectivity index (χ4v) is 2.48. The van der Waals surface area contributed by atoms with E-state index in [9.17, 15) is 4.79 Å². The maximum absolute atomic E-state index is 12.2. The van der Waals surface area contributed by atoms with Crippen molar-refractivity contribution in [1.29, 1.82) is 0 Å². The zero-order valence-corrected chi connectivity index (χ0v) is 12.7. The van der Waals surface area contributed by atoms with Gasteiger partial charge in [-0.1, -0.05) is 18.2 Å². The van der Waals surface area contributed by atoms with E-state index in [0.29, 0.717) is 6.54 Å². The van der Waals surface area contributed by atoms with Gasteiger partial charge in [0.15, 0.2) is 0 Å². The molecule has 0 unspecified atom stereocenters. The topological polar surface area (TPSA) is 42.0 Å². The molecular formula is C16H24N2O3. The van der Waals surface area contributed by atoms with Crippen molar-refractivity contribution in [3.8, 4) is 0 Å². The summed E-state index contributed by atoms with van der Waals surface area (Å²) in [6.45, 7) is 5.41. The van der Waals surface area contributed by atoms with E-state index in [2.05, 4.69) is 4.90 Å². The van der Waals surface area contributed by atoms with Crippen LogP contribution in [0.25, 0.3) is 0 Å². The third-order valence-corrected chi connectivity index (χ3v) is 3.60. The Bertz CT molecular complexity index is 419. The number of methoxy groups -OCH3 is 1. The average Bonchev–Trinajstić information content (AvgIpc) is 2.53. The van der Waals surface area contributed by atoms with Gasteiger partial charge in [0.05, 0.1) is 13.2 Å². The molecule has 5 heteroatoms. The molecule has 5 nitrogen and oxygen atoms in total. The first-order valence-electron chi connectivity index (χ1n) is 7.45. The molecule has 21 heavy (non-hydrogen) atoms. The van der Waals surface area contributed by atoms with Crippen molar-refractivity contribution in [2.45, 2.75) is 6.42 Å². The highest BCUT2D eigenvalue weighted by atomic mass is 16.5. The van der Waals surface area contributed by atoms with E-state index >= 15 is 0 Å². The van der Waals surface area contributed by atoms with Gasteiger partial charge in [0, 0.05) is 39.0 Å². The smallest absolute Gasteiger partial charge is 0.252 e. The van der Waals surface area contributed by atoms with Gasteiger partial charge >= 0.3 is 0 Å².